The third kappa shape index (κ3) is 5.49. The van der Waals surface area contributed by atoms with Gasteiger partial charge in [-0.25, -0.2) is 5.14 Å². The molecule has 2 N–H and O–H groups in total. The number of aromatic nitrogens is 1. The summed E-state index contributed by atoms with van der Waals surface area (Å²) < 4.78 is 78.3. The monoisotopic (exact) mass is 463 g/mol. The summed E-state index contributed by atoms with van der Waals surface area (Å²) in [5.74, 6) is 0.809. The van der Waals surface area contributed by atoms with Crippen LogP contribution in [-0.4, -0.2) is 47.3 Å². The second-order valence-electron chi connectivity index (χ2n) is 7.28. The van der Waals surface area contributed by atoms with Crippen molar-refractivity contribution in [3.8, 4) is 11.5 Å². The molecule has 0 unspecified atom stereocenters. The molecule has 12 heteroatoms. The summed E-state index contributed by atoms with van der Waals surface area (Å²) in [5, 5.41) is 5.14. The number of piperidine rings is 1. The number of rotatable bonds is 7. The van der Waals surface area contributed by atoms with E-state index in [1.807, 2.05) is 0 Å². The van der Waals surface area contributed by atoms with Crippen LogP contribution in [0, 0.1) is 5.92 Å². The van der Waals surface area contributed by atoms with Gasteiger partial charge in [-0.3, -0.25) is 9.17 Å². The van der Waals surface area contributed by atoms with E-state index in [1.165, 1.54) is 20.3 Å². The van der Waals surface area contributed by atoms with E-state index in [9.17, 15) is 21.6 Å². The molecule has 1 fully saturated rings. The van der Waals surface area contributed by atoms with Crippen LogP contribution in [0.25, 0.3) is 10.9 Å². The maximum Gasteiger partial charge on any atom is 0.419 e. The average Bonchev–Trinajstić information content (AvgIpc) is 2.70. The number of hydrogen-bond donors (Lipinski definition) is 1. The number of pyridine rings is 1. The third-order valence-corrected chi connectivity index (χ3v) is 5.85. The largest absolute Gasteiger partial charge is 0.493 e. The van der Waals surface area contributed by atoms with Crippen molar-refractivity contribution in [1.82, 2.24) is 4.98 Å². The van der Waals surface area contributed by atoms with Crippen LogP contribution in [0.3, 0.4) is 0 Å². The van der Waals surface area contributed by atoms with Crippen LogP contribution in [0.1, 0.15) is 24.8 Å². The Hall–Kier alpha value is -2.31. The lowest BCUT2D eigenvalue weighted by molar-refractivity contribution is -0.137. The van der Waals surface area contributed by atoms with Crippen molar-refractivity contribution in [2.45, 2.75) is 25.4 Å². The lowest BCUT2D eigenvalue weighted by Crippen LogP contribution is -2.35. The normalized spacial score (nSPS) is 16.0. The van der Waals surface area contributed by atoms with E-state index in [1.54, 1.807) is 11.0 Å². The zero-order chi connectivity index (χ0) is 22.8. The lowest BCUT2D eigenvalue weighted by Gasteiger charge is -2.35. The number of fused-ring (bicyclic) bond motifs is 1. The summed E-state index contributed by atoms with van der Waals surface area (Å²) in [4.78, 5) is 5.69. The van der Waals surface area contributed by atoms with Crippen LogP contribution >= 0.6 is 0 Å². The number of alkyl halides is 3. The minimum Gasteiger partial charge on any atom is -0.493 e. The third-order valence-electron chi connectivity index (χ3n) is 5.35. The number of methoxy groups -OCH3 is 2. The Morgan fingerprint density at radius 1 is 1.16 bits per heavy atom. The van der Waals surface area contributed by atoms with Gasteiger partial charge in [-0.05, 0) is 31.2 Å². The summed E-state index contributed by atoms with van der Waals surface area (Å²) in [6, 6.07) is 3.06. The first kappa shape index (κ1) is 23.4. The lowest BCUT2D eigenvalue weighted by atomic mass is 9.93. The molecule has 2 aromatic rings. The van der Waals surface area contributed by atoms with E-state index in [0.717, 1.165) is 6.20 Å². The Bertz CT molecular complexity index is 1040. The summed E-state index contributed by atoms with van der Waals surface area (Å²) in [6.45, 7) is 0.694. The van der Waals surface area contributed by atoms with Gasteiger partial charge in [-0.2, -0.15) is 21.6 Å². The SMILES string of the molecule is COc1cc2ncc(C(F)(F)F)c(N3CCC(CCOS(N)(=O)=O)CC3)c2cc1OC. The van der Waals surface area contributed by atoms with E-state index in [4.69, 9.17) is 14.6 Å². The first-order chi connectivity index (χ1) is 14.5. The van der Waals surface area contributed by atoms with Crippen LogP contribution in [0.5, 0.6) is 11.5 Å². The van der Waals surface area contributed by atoms with Crippen molar-refractivity contribution in [3.05, 3.63) is 23.9 Å². The first-order valence-electron chi connectivity index (χ1n) is 9.57. The highest BCUT2D eigenvalue weighted by Crippen LogP contribution is 2.44. The van der Waals surface area contributed by atoms with Gasteiger partial charge in [0.25, 0.3) is 0 Å². The average molecular weight is 463 g/mol. The Kier molecular flexibility index (Phi) is 6.82. The summed E-state index contributed by atoms with van der Waals surface area (Å²) >= 11 is 0. The van der Waals surface area contributed by atoms with Crippen molar-refractivity contribution in [1.29, 1.82) is 0 Å². The molecule has 172 valence electrons. The quantitative estimate of drug-likeness (QED) is 0.673. The van der Waals surface area contributed by atoms with Crippen LogP contribution in [-0.2, 0) is 20.7 Å². The van der Waals surface area contributed by atoms with Crippen LogP contribution in [0.15, 0.2) is 18.3 Å². The topological polar surface area (TPSA) is 104 Å². The van der Waals surface area contributed by atoms with Gasteiger partial charge in [0.2, 0.25) is 0 Å². The van der Waals surface area contributed by atoms with E-state index in [2.05, 4.69) is 9.17 Å². The molecule has 3 rings (SSSR count). The van der Waals surface area contributed by atoms with Gasteiger partial charge in [-0.15, -0.1) is 0 Å². The maximum atomic E-state index is 13.8. The number of nitrogens with two attached hydrogens (primary N) is 1. The molecule has 0 bridgehead atoms. The molecule has 1 aromatic carbocycles. The van der Waals surface area contributed by atoms with Gasteiger partial charge in [0, 0.05) is 30.7 Å². The van der Waals surface area contributed by atoms with Gasteiger partial charge >= 0.3 is 16.5 Å². The number of halogens is 3. The molecule has 1 saturated heterocycles. The highest BCUT2D eigenvalue weighted by Gasteiger charge is 2.37. The van der Waals surface area contributed by atoms with E-state index < -0.39 is 22.0 Å². The summed E-state index contributed by atoms with van der Waals surface area (Å²) in [6.07, 6.45) is -2.11. The summed E-state index contributed by atoms with van der Waals surface area (Å²) in [5.41, 5.74) is -0.398. The molecular weight excluding hydrogens is 439 g/mol. The second-order valence-corrected chi connectivity index (χ2v) is 8.50. The summed E-state index contributed by atoms with van der Waals surface area (Å²) in [7, 11) is -1.14. The minimum absolute atomic E-state index is 0.0491. The first-order valence-corrected chi connectivity index (χ1v) is 11.0. The highest BCUT2D eigenvalue weighted by atomic mass is 32.2. The van der Waals surface area contributed by atoms with Crippen molar-refractivity contribution in [3.63, 3.8) is 0 Å². The standard InChI is InChI=1S/C19H24F3N3O5S/c1-28-16-9-13-15(10-17(16)29-2)24-11-14(19(20,21)22)18(13)25-6-3-12(4-7-25)5-8-30-31(23,26)27/h9-12H,3-8H2,1-2H3,(H2,23,26,27). The number of benzene rings is 1. The molecule has 1 aliphatic heterocycles. The molecule has 31 heavy (non-hydrogen) atoms. The van der Waals surface area contributed by atoms with Gasteiger partial charge in [-0.1, -0.05) is 0 Å². The van der Waals surface area contributed by atoms with Gasteiger partial charge in [0.1, 0.15) is 0 Å². The van der Waals surface area contributed by atoms with E-state index in [-0.39, 0.29) is 18.2 Å². The van der Waals surface area contributed by atoms with Crippen LogP contribution in [0.2, 0.25) is 0 Å². The molecule has 0 aliphatic carbocycles. The maximum absolute atomic E-state index is 13.8. The van der Waals surface area contributed by atoms with E-state index >= 15 is 0 Å². The Balaban J connectivity index is 1.91. The molecule has 8 nitrogen and oxygen atoms in total. The van der Waals surface area contributed by atoms with Crippen molar-refractivity contribution < 1.29 is 35.2 Å². The van der Waals surface area contributed by atoms with Crippen LogP contribution < -0.4 is 19.5 Å². The fourth-order valence-corrected chi connectivity index (χ4v) is 4.16. The molecule has 1 aromatic heterocycles. The van der Waals surface area contributed by atoms with Crippen molar-refractivity contribution >= 4 is 26.9 Å². The predicted octanol–water partition coefficient (Wildman–Crippen LogP) is 3.10. The Morgan fingerprint density at radius 2 is 1.77 bits per heavy atom. The minimum atomic E-state index is -4.58. The Labute approximate surface area is 178 Å². The predicted molar refractivity (Wildman–Crippen MR) is 108 cm³/mol. The van der Waals surface area contributed by atoms with E-state index in [0.29, 0.717) is 54.8 Å². The smallest absolute Gasteiger partial charge is 0.419 e. The molecule has 0 radical (unpaired) electrons. The fourth-order valence-electron chi connectivity index (χ4n) is 3.83. The molecule has 0 amide bonds. The molecule has 0 spiro atoms. The fraction of sp³-hybridized carbons (Fsp3) is 0.526. The molecule has 1 aliphatic rings. The van der Waals surface area contributed by atoms with Crippen molar-refractivity contribution in [2.75, 3.05) is 38.8 Å². The number of ether oxygens (including phenoxy) is 2. The molecule has 0 saturated carbocycles. The number of anilines is 1. The van der Waals surface area contributed by atoms with Gasteiger partial charge in [0.15, 0.2) is 11.5 Å². The molecular formula is C19H24F3N3O5S. The molecule has 2 heterocycles. The number of nitrogens with zero attached hydrogens (tertiary/aromatic N) is 2. The number of hydrogen-bond acceptors (Lipinski definition) is 7. The van der Waals surface area contributed by atoms with Gasteiger partial charge in [0.05, 0.1) is 37.6 Å². The van der Waals surface area contributed by atoms with Gasteiger partial charge < -0.3 is 14.4 Å². The van der Waals surface area contributed by atoms with Crippen LogP contribution in [0.4, 0.5) is 18.9 Å². The zero-order valence-corrected chi connectivity index (χ0v) is 17.9. The molecule has 0 atom stereocenters. The van der Waals surface area contributed by atoms with Crippen molar-refractivity contribution in [2.24, 2.45) is 11.1 Å². The second kappa shape index (κ2) is 9.05. The Morgan fingerprint density at radius 3 is 2.32 bits per heavy atom. The highest BCUT2D eigenvalue weighted by molar-refractivity contribution is 7.84. The zero-order valence-electron chi connectivity index (χ0n) is 17.1.